The number of H-pyrrole nitrogens is 1. The molecule has 1 unspecified atom stereocenters. The highest BCUT2D eigenvalue weighted by Gasteiger charge is 2.34. The molecule has 2 aromatic rings. The topological polar surface area (TPSA) is 66.9 Å². The molecule has 6 nitrogen and oxygen atoms in total. The molecule has 0 amide bonds. The molecule has 3 heterocycles. The first-order valence-corrected chi connectivity index (χ1v) is 6.75. The molecule has 19 heavy (non-hydrogen) atoms. The molecule has 1 aliphatic heterocycles. The number of nitrogens with one attached hydrogen (secondary N) is 1. The van der Waals surface area contributed by atoms with Gasteiger partial charge in [-0.05, 0) is 13.8 Å². The summed E-state index contributed by atoms with van der Waals surface area (Å²) in [7, 11) is 0. The molecular weight excluding hydrogens is 266 g/mol. The summed E-state index contributed by atoms with van der Waals surface area (Å²) in [6.45, 7) is 5.59. The van der Waals surface area contributed by atoms with Crippen molar-refractivity contribution in [3.05, 3.63) is 12.7 Å². The molecule has 1 aliphatic rings. The van der Waals surface area contributed by atoms with Crippen molar-refractivity contribution < 1.29 is 4.74 Å². The normalized spacial score (nSPS) is 22.9. The number of anilines is 1. The van der Waals surface area contributed by atoms with Gasteiger partial charge in [-0.2, -0.15) is 0 Å². The first kappa shape index (κ1) is 12.6. The minimum absolute atomic E-state index is 0.00152. The molecule has 0 aliphatic carbocycles. The number of rotatable bonds is 2. The average molecular weight is 282 g/mol. The third-order valence-corrected chi connectivity index (χ3v) is 3.50. The van der Waals surface area contributed by atoms with Gasteiger partial charge in [0, 0.05) is 13.1 Å². The Labute approximate surface area is 116 Å². The zero-order valence-corrected chi connectivity index (χ0v) is 11.7. The van der Waals surface area contributed by atoms with Gasteiger partial charge in [0.1, 0.15) is 11.8 Å². The van der Waals surface area contributed by atoms with Gasteiger partial charge >= 0.3 is 0 Å². The van der Waals surface area contributed by atoms with Crippen molar-refractivity contribution >= 4 is 28.6 Å². The predicted octanol–water partition coefficient (Wildman–Crippen LogP) is 1.58. The highest BCUT2D eigenvalue weighted by Crippen LogP contribution is 2.28. The van der Waals surface area contributed by atoms with Crippen molar-refractivity contribution in [3.63, 3.8) is 0 Å². The number of alkyl halides is 1. The van der Waals surface area contributed by atoms with E-state index < -0.39 is 0 Å². The van der Waals surface area contributed by atoms with E-state index in [1.165, 1.54) is 6.33 Å². The summed E-state index contributed by atoms with van der Waals surface area (Å²) in [4.78, 5) is 17.9. The maximum atomic E-state index is 5.95. The van der Waals surface area contributed by atoms with Gasteiger partial charge in [0.05, 0.1) is 23.9 Å². The van der Waals surface area contributed by atoms with Crippen LogP contribution in [-0.2, 0) is 4.74 Å². The van der Waals surface area contributed by atoms with Gasteiger partial charge in [0.2, 0.25) is 0 Å². The quantitative estimate of drug-likeness (QED) is 0.847. The van der Waals surface area contributed by atoms with Gasteiger partial charge < -0.3 is 14.6 Å². The predicted molar refractivity (Wildman–Crippen MR) is 73.6 cm³/mol. The minimum Gasteiger partial charge on any atom is -0.367 e. The van der Waals surface area contributed by atoms with Crippen LogP contribution in [0.5, 0.6) is 0 Å². The zero-order chi connectivity index (χ0) is 13.5. The Morgan fingerprint density at radius 3 is 3.11 bits per heavy atom. The molecule has 3 rings (SSSR count). The summed E-state index contributed by atoms with van der Waals surface area (Å²) in [6.07, 6.45) is 3.17. The fraction of sp³-hybridized carbons (Fsp3) is 0.583. The smallest absolute Gasteiger partial charge is 0.182 e. The van der Waals surface area contributed by atoms with E-state index in [0.29, 0.717) is 11.5 Å². The molecule has 1 N–H and O–H groups in total. The van der Waals surface area contributed by atoms with Crippen LogP contribution in [0.25, 0.3) is 11.2 Å². The zero-order valence-electron chi connectivity index (χ0n) is 10.9. The van der Waals surface area contributed by atoms with E-state index in [1.807, 2.05) is 0 Å². The molecule has 0 spiro atoms. The SMILES string of the molecule is CC1(C)CN(c2ncnc3nc[nH]c23)CC(CCl)O1. The number of ether oxygens (including phenoxy) is 1. The highest BCUT2D eigenvalue weighted by molar-refractivity contribution is 6.18. The molecular formula is C12H16ClN5O. The van der Waals surface area contributed by atoms with Crippen LogP contribution < -0.4 is 4.90 Å². The number of hydrogen-bond acceptors (Lipinski definition) is 5. The Hall–Kier alpha value is -1.40. The van der Waals surface area contributed by atoms with E-state index in [0.717, 1.165) is 24.4 Å². The van der Waals surface area contributed by atoms with Crippen LogP contribution in [0.3, 0.4) is 0 Å². The molecule has 102 valence electrons. The van der Waals surface area contributed by atoms with Crippen molar-refractivity contribution in [1.82, 2.24) is 19.9 Å². The summed E-state index contributed by atoms with van der Waals surface area (Å²) in [5.41, 5.74) is 1.28. The first-order chi connectivity index (χ1) is 9.09. The fourth-order valence-corrected chi connectivity index (χ4v) is 2.69. The van der Waals surface area contributed by atoms with E-state index in [9.17, 15) is 0 Å². The van der Waals surface area contributed by atoms with Crippen LogP contribution in [0.15, 0.2) is 12.7 Å². The van der Waals surface area contributed by atoms with Crippen LogP contribution >= 0.6 is 11.6 Å². The maximum absolute atomic E-state index is 5.95. The second-order valence-electron chi connectivity index (χ2n) is 5.33. The summed E-state index contributed by atoms with van der Waals surface area (Å²) >= 11 is 5.95. The van der Waals surface area contributed by atoms with Gasteiger partial charge in [-0.1, -0.05) is 0 Å². The van der Waals surface area contributed by atoms with Crippen LogP contribution in [0, 0.1) is 0 Å². The Bertz CT molecular complexity index is 584. The number of aromatic nitrogens is 4. The molecule has 0 radical (unpaired) electrons. The van der Waals surface area contributed by atoms with Crippen LogP contribution in [0.4, 0.5) is 5.82 Å². The highest BCUT2D eigenvalue weighted by atomic mass is 35.5. The van der Waals surface area contributed by atoms with Crippen LogP contribution in [-0.4, -0.2) is 50.6 Å². The lowest BCUT2D eigenvalue weighted by Crippen LogP contribution is -2.53. The second kappa shape index (κ2) is 4.61. The Balaban J connectivity index is 1.98. The summed E-state index contributed by atoms with van der Waals surface area (Å²) < 4.78 is 5.93. The van der Waals surface area contributed by atoms with Gasteiger partial charge in [-0.3, -0.25) is 0 Å². The lowest BCUT2D eigenvalue weighted by Gasteiger charge is -2.42. The summed E-state index contributed by atoms with van der Waals surface area (Å²) in [6, 6.07) is 0. The molecule has 1 atom stereocenters. The standard InChI is InChI=1S/C12H16ClN5O/c1-12(2)5-18(4-8(3-13)19-12)11-9-10(15-6-14-9)16-7-17-11/h6-8H,3-5H2,1-2H3,(H,14,15,16,17). The third-order valence-electron chi connectivity index (χ3n) is 3.16. The van der Waals surface area contributed by atoms with Gasteiger partial charge in [-0.15, -0.1) is 11.6 Å². The molecule has 7 heteroatoms. The second-order valence-corrected chi connectivity index (χ2v) is 5.64. The molecule has 0 bridgehead atoms. The van der Waals surface area contributed by atoms with Crippen molar-refractivity contribution in [2.75, 3.05) is 23.9 Å². The van der Waals surface area contributed by atoms with Gasteiger partial charge in [0.25, 0.3) is 0 Å². The number of hydrogen-bond donors (Lipinski definition) is 1. The monoisotopic (exact) mass is 281 g/mol. The van der Waals surface area contributed by atoms with E-state index in [4.69, 9.17) is 16.3 Å². The minimum atomic E-state index is -0.255. The molecule has 2 aromatic heterocycles. The largest absolute Gasteiger partial charge is 0.367 e. The van der Waals surface area contributed by atoms with Crippen LogP contribution in [0.2, 0.25) is 0 Å². The number of imidazole rings is 1. The Morgan fingerprint density at radius 1 is 1.47 bits per heavy atom. The fourth-order valence-electron chi connectivity index (χ4n) is 2.53. The average Bonchev–Trinajstić information content (AvgIpc) is 2.84. The lowest BCUT2D eigenvalue weighted by molar-refractivity contribution is -0.0735. The van der Waals surface area contributed by atoms with Gasteiger partial charge in [0.15, 0.2) is 11.5 Å². The van der Waals surface area contributed by atoms with E-state index in [-0.39, 0.29) is 11.7 Å². The van der Waals surface area contributed by atoms with Crippen molar-refractivity contribution in [2.45, 2.75) is 25.6 Å². The Morgan fingerprint density at radius 2 is 2.32 bits per heavy atom. The molecule has 0 aromatic carbocycles. The van der Waals surface area contributed by atoms with Gasteiger partial charge in [-0.25, -0.2) is 15.0 Å². The summed E-state index contributed by atoms with van der Waals surface area (Å²) in [5, 5.41) is 0. The molecule has 0 saturated carbocycles. The maximum Gasteiger partial charge on any atom is 0.182 e. The number of nitrogens with zero attached hydrogens (tertiary/aromatic N) is 4. The molecule has 1 saturated heterocycles. The van der Waals surface area contributed by atoms with E-state index in [1.54, 1.807) is 6.33 Å². The number of aromatic amines is 1. The number of morpholine rings is 1. The van der Waals surface area contributed by atoms with E-state index >= 15 is 0 Å². The summed E-state index contributed by atoms with van der Waals surface area (Å²) in [5.74, 6) is 1.32. The van der Waals surface area contributed by atoms with Crippen molar-refractivity contribution in [1.29, 1.82) is 0 Å². The number of halogens is 1. The van der Waals surface area contributed by atoms with Crippen LogP contribution in [0.1, 0.15) is 13.8 Å². The number of fused-ring (bicyclic) bond motifs is 1. The molecule has 1 fully saturated rings. The van der Waals surface area contributed by atoms with E-state index in [2.05, 4.69) is 38.7 Å². The van der Waals surface area contributed by atoms with Crippen molar-refractivity contribution in [2.24, 2.45) is 0 Å². The first-order valence-electron chi connectivity index (χ1n) is 6.22. The lowest BCUT2D eigenvalue weighted by atomic mass is 10.1. The Kier molecular flexibility index (Phi) is 3.06. The van der Waals surface area contributed by atoms with Crippen molar-refractivity contribution in [3.8, 4) is 0 Å². The third kappa shape index (κ3) is 2.37.